The second kappa shape index (κ2) is 11.5. The van der Waals surface area contributed by atoms with Crippen LogP contribution in [0.5, 0.6) is 5.75 Å². The minimum absolute atomic E-state index is 0.130. The number of H-pyrrole nitrogens is 1. The molecule has 6 rings (SSSR count). The molecule has 3 aromatic heterocycles. The molecule has 1 fully saturated rings. The van der Waals surface area contributed by atoms with Crippen molar-refractivity contribution in [3.05, 3.63) is 104 Å². The lowest BCUT2D eigenvalue weighted by atomic mass is 10.0. The van der Waals surface area contributed by atoms with Crippen molar-refractivity contribution in [1.82, 2.24) is 30.1 Å². The molecule has 2 aromatic carbocycles. The van der Waals surface area contributed by atoms with E-state index in [9.17, 15) is 4.79 Å². The number of pyridine rings is 1. The molecule has 39 heavy (non-hydrogen) atoms. The first-order chi connectivity index (χ1) is 19.2. The van der Waals surface area contributed by atoms with Crippen molar-refractivity contribution in [3.8, 4) is 5.75 Å². The number of thiophene rings is 1. The number of tetrazole rings is 1. The molecule has 3 heterocycles. The summed E-state index contributed by atoms with van der Waals surface area (Å²) in [6.45, 7) is 1.42. The Morgan fingerprint density at radius 1 is 1.10 bits per heavy atom. The smallest absolute Gasteiger partial charge is 0.253 e. The summed E-state index contributed by atoms with van der Waals surface area (Å²) in [5.41, 5.74) is 2.52. The van der Waals surface area contributed by atoms with Gasteiger partial charge in [-0.3, -0.25) is 9.69 Å². The lowest BCUT2D eigenvalue weighted by Gasteiger charge is -2.31. The van der Waals surface area contributed by atoms with E-state index in [0.29, 0.717) is 12.1 Å². The summed E-state index contributed by atoms with van der Waals surface area (Å²) >= 11 is 1.72. The highest BCUT2D eigenvalue weighted by Crippen LogP contribution is 2.35. The van der Waals surface area contributed by atoms with E-state index in [1.807, 2.05) is 35.0 Å². The molecule has 8 nitrogen and oxygen atoms in total. The predicted molar refractivity (Wildman–Crippen MR) is 153 cm³/mol. The van der Waals surface area contributed by atoms with Gasteiger partial charge in [0.05, 0.1) is 13.2 Å². The van der Waals surface area contributed by atoms with Crippen molar-refractivity contribution < 1.29 is 4.74 Å². The predicted octanol–water partition coefficient (Wildman–Crippen LogP) is 5.53. The molecule has 1 aliphatic carbocycles. The Morgan fingerprint density at radius 3 is 2.72 bits per heavy atom. The Labute approximate surface area is 231 Å². The molecule has 0 aliphatic heterocycles. The van der Waals surface area contributed by atoms with Crippen LogP contribution in [0.2, 0.25) is 0 Å². The largest absolute Gasteiger partial charge is 0.497 e. The van der Waals surface area contributed by atoms with E-state index >= 15 is 0 Å². The topological polar surface area (TPSA) is 88.9 Å². The molecular formula is C30H32N6O2S. The van der Waals surface area contributed by atoms with Crippen LogP contribution in [0.4, 0.5) is 0 Å². The van der Waals surface area contributed by atoms with Crippen LogP contribution in [-0.4, -0.2) is 43.7 Å². The highest BCUT2D eigenvalue weighted by Gasteiger charge is 2.33. The molecular weight excluding hydrogens is 508 g/mol. The third-order valence-electron chi connectivity index (χ3n) is 7.64. The summed E-state index contributed by atoms with van der Waals surface area (Å²) in [5, 5.41) is 16.2. The third kappa shape index (κ3) is 5.51. The van der Waals surface area contributed by atoms with Gasteiger partial charge in [0.25, 0.3) is 5.56 Å². The molecule has 0 amide bonds. The van der Waals surface area contributed by atoms with Crippen molar-refractivity contribution in [2.75, 3.05) is 13.7 Å². The molecule has 1 N–H and O–H groups in total. The number of nitrogens with one attached hydrogen (secondary N) is 1. The first-order valence-corrected chi connectivity index (χ1v) is 14.4. The summed E-state index contributed by atoms with van der Waals surface area (Å²) in [5.74, 6) is 1.46. The summed E-state index contributed by atoms with van der Waals surface area (Å²) in [6, 6.07) is 22.2. The minimum Gasteiger partial charge on any atom is -0.497 e. The van der Waals surface area contributed by atoms with Gasteiger partial charge in [0, 0.05) is 34.4 Å². The Balaban J connectivity index is 1.49. The molecule has 1 aliphatic rings. The van der Waals surface area contributed by atoms with E-state index in [4.69, 9.17) is 4.74 Å². The van der Waals surface area contributed by atoms with Gasteiger partial charge in [0.1, 0.15) is 11.8 Å². The third-order valence-corrected chi connectivity index (χ3v) is 8.50. The number of fused-ring (bicyclic) bond motifs is 1. The molecule has 0 radical (unpaired) electrons. The number of benzene rings is 2. The monoisotopic (exact) mass is 540 g/mol. The van der Waals surface area contributed by atoms with Gasteiger partial charge in [0.2, 0.25) is 0 Å². The van der Waals surface area contributed by atoms with E-state index in [-0.39, 0.29) is 11.6 Å². The maximum Gasteiger partial charge on any atom is 0.253 e. The van der Waals surface area contributed by atoms with Crippen molar-refractivity contribution in [1.29, 1.82) is 0 Å². The minimum atomic E-state index is -0.425. The number of nitrogens with zero attached hydrogens (tertiary/aromatic N) is 5. The van der Waals surface area contributed by atoms with E-state index in [0.717, 1.165) is 61.1 Å². The quantitative estimate of drug-likeness (QED) is 0.250. The van der Waals surface area contributed by atoms with Gasteiger partial charge in [-0.15, -0.1) is 16.4 Å². The van der Waals surface area contributed by atoms with E-state index in [1.165, 1.54) is 10.4 Å². The Kier molecular flexibility index (Phi) is 7.51. The van der Waals surface area contributed by atoms with Crippen molar-refractivity contribution in [2.24, 2.45) is 0 Å². The average Bonchev–Trinajstić information content (AvgIpc) is 3.76. The first-order valence-electron chi connectivity index (χ1n) is 13.5. The summed E-state index contributed by atoms with van der Waals surface area (Å²) < 4.78 is 7.46. The van der Waals surface area contributed by atoms with Gasteiger partial charge < -0.3 is 9.72 Å². The molecule has 200 valence electrons. The maximum absolute atomic E-state index is 13.7. The van der Waals surface area contributed by atoms with E-state index in [2.05, 4.69) is 67.2 Å². The molecule has 0 unspecified atom stereocenters. The van der Waals surface area contributed by atoms with E-state index < -0.39 is 6.04 Å². The zero-order valence-corrected chi connectivity index (χ0v) is 22.8. The molecule has 0 bridgehead atoms. The van der Waals surface area contributed by atoms with Crippen LogP contribution in [0.1, 0.15) is 59.6 Å². The lowest BCUT2D eigenvalue weighted by Crippen LogP contribution is -2.36. The van der Waals surface area contributed by atoms with Gasteiger partial charge in [-0.1, -0.05) is 49.2 Å². The number of hydrogen-bond donors (Lipinski definition) is 1. The van der Waals surface area contributed by atoms with Crippen LogP contribution in [-0.2, 0) is 13.0 Å². The average molecular weight is 541 g/mol. The van der Waals surface area contributed by atoms with Crippen LogP contribution in [0.25, 0.3) is 10.9 Å². The first kappa shape index (κ1) is 25.5. The van der Waals surface area contributed by atoms with Crippen molar-refractivity contribution in [2.45, 2.75) is 50.7 Å². The zero-order chi connectivity index (χ0) is 26.6. The fraction of sp³-hybridized carbons (Fsp3) is 0.333. The summed E-state index contributed by atoms with van der Waals surface area (Å²) in [6.07, 6.45) is 5.26. The number of aromatic amines is 1. The molecule has 5 aromatic rings. The van der Waals surface area contributed by atoms with Crippen LogP contribution < -0.4 is 10.3 Å². The molecule has 0 saturated heterocycles. The Bertz CT molecular complexity index is 1570. The highest BCUT2D eigenvalue weighted by molar-refractivity contribution is 7.09. The zero-order valence-electron chi connectivity index (χ0n) is 22.0. The van der Waals surface area contributed by atoms with Crippen LogP contribution in [0.15, 0.2) is 76.9 Å². The number of aromatic nitrogens is 5. The molecule has 1 atom stereocenters. The summed E-state index contributed by atoms with van der Waals surface area (Å²) in [7, 11) is 1.65. The van der Waals surface area contributed by atoms with Gasteiger partial charge >= 0.3 is 0 Å². The fourth-order valence-electron chi connectivity index (χ4n) is 5.64. The van der Waals surface area contributed by atoms with Gasteiger partial charge in [0.15, 0.2) is 5.82 Å². The van der Waals surface area contributed by atoms with Gasteiger partial charge in [-0.25, -0.2) is 4.68 Å². The number of methoxy groups -OCH3 is 1. The van der Waals surface area contributed by atoms with Crippen molar-refractivity contribution >= 4 is 22.2 Å². The Morgan fingerprint density at radius 2 is 1.95 bits per heavy atom. The second-order valence-electron chi connectivity index (χ2n) is 10.1. The SMILES string of the molecule is COc1ccc2[nH]c(=O)c([C@@H](c3nnnn3C3CCCC3)N(CCc3ccccc3)Cc3cccs3)cc2c1. The molecule has 1 saturated carbocycles. The maximum atomic E-state index is 13.7. The molecule has 0 spiro atoms. The number of hydrogen-bond acceptors (Lipinski definition) is 7. The van der Waals surface area contributed by atoms with Crippen molar-refractivity contribution in [3.63, 3.8) is 0 Å². The number of rotatable bonds is 10. The standard InChI is InChI=1S/C30H32N6O2S/c1-38-24-13-14-27-22(18-24)19-26(30(37)31-27)28(29-32-33-34-36(29)23-10-5-6-11-23)35(20-25-12-7-17-39-25)16-15-21-8-3-2-4-9-21/h2-4,7-9,12-14,17-19,23,28H,5-6,10-11,15-16,20H2,1H3,(H,31,37)/t28-/m0/s1. The van der Waals surface area contributed by atoms with Gasteiger partial charge in [-0.2, -0.15) is 0 Å². The van der Waals surface area contributed by atoms with E-state index in [1.54, 1.807) is 18.4 Å². The van der Waals surface area contributed by atoms with Crippen LogP contribution >= 0.6 is 11.3 Å². The lowest BCUT2D eigenvalue weighted by molar-refractivity contribution is 0.203. The van der Waals surface area contributed by atoms with Crippen LogP contribution in [0, 0.1) is 0 Å². The Hall–Kier alpha value is -3.82. The second-order valence-corrected chi connectivity index (χ2v) is 11.1. The highest BCUT2D eigenvalue weighted by atomic mass is 32.1. The molecule has 9 heteroatoms. The van der Waals surface area contributed by atoms with Crippen LogP contribution in [0.3, 0.4) is 0 Å². The normalized spacial score (nSPS) is 14.8. The number of ether oxygens (including phenoxy) is 1. The fourth-order valence-corrected chi connectivity index (χ4v) is 6.37. The van der Waals surface area contributed by atoms with Gasteiger partial charge in [-0.05, 0) is 71.0 Å². The summed E-state index contributed by atoms with van der Waals surface area (Å²) in [4.78, 5) is 20.4.